The van der Waals surface area contributed by atoms with Gasteiger partial charge in [0.1, 0.15) is 0 Å². The quantitative estimate of drug-likeness (QED) is 0.454. The van der Waals surface area contributed by atoms with Crippen LogP contribution < -0.4 is 5.73 Å². The number of halogens is 1. The summed E-state index contributed by atoms with van der Waals surface area (Å²) in [5, 5.41) is 0. The normalized spacial score (nSPS) is 31.9. The molecule has 16 heavy (non-hydrogen) atoms. The van der Waals surface area contributed by atoms with Gasteiger partial charge < -0.3 is 10.6 Å². The largest absolute Gasteiger partial charge is 0.370 e. The van der Waals surface area contributed by atoms with Gasteiger partial charge in [-0.3, -0.25) is 0 Å². The fourth-order valence-corrected chi connectivity index (χ4v) is 2.75. The SMILES string of the molecule is I.NC(=NC1CC12CC2)N1CCCCCC1. The molecule has 2 N–H and O–H groups in total. The van der Waals surface area contributed by atoms with E-state index in [9.17, 15) is 0 Å². The van der Waals surface area contributed by atoms with Gasteiger partial charge in [-0.1, -0.05) is 12.8 Å². The maximum absolute atomic E-state index is 6.08. The van der Waals surface area contributed by atoms with E-state index in [0.717, 1.165) is 19.0 Å². The maximum Gasteiger partial charge on any atom is 0.191 e. The van der Waals surface area contributed by atoms with E-state index >= 15 is 0 Å². The smallest absolute Gasteiger partial charge is 0.191 e. The van der Waals surface area contributed by atoms with Gasteiger partial charge in [0, 0.05) is 13.1 Å². The van der Waals surface area contributed by atoms with Crippen LogP contribution in [0.1, 0.15) is 44.9 Å². The lowest BCUT2D eigenvalue weighted by Gasteiger charge is -2.21. The second kappa shape index (κ2) is 4.70. The number of rotatable bonds is 1. The molecule has 0 radical (unpaired) electrons. The van der Waals surface area contributed by atoms with Gasteiger partial charge >= 0.3 is 0 Å². The highest BCUT2D eigenvalue weighted by Crippen LogP contribution is 2.67. The summed E-state index contributed by atoms with van der Waals surface area (Å²) in [5.74, 6) is 0.825. The molecule has 0 aromatic rings. The van der Waals surface area contributed by atoms with E-state index in [1.807, 2.05) is 0 Å². The van der Waals surface area contributed by atoms with Gasteiger partial charge in [-0.05, 0) is 37.5 Å². The minimum atomic E-state index is 0. The van der Waals surface area contributed by atoms with Crippen molar-refractivity contribution in [1.82, 2.24) is 4.90 Å². The number of hydrogen-bond acceptors (Lipinski definition) is 1. The zero-order valence-corrected chi connectivity index (χ0v) is 12.2. The molecule has 3 rings (SSSR count). The second-order valence-corrected chi connectivity index (χ2v) is 5.47. The Hall–Kier alpha value is 0. The van der Waals surface area contributed by atoms with Crippen LogP contribution in [0.3, 0.4) is 0 Å². The van der Waals surface area contributed by atoms with Crippen LogP contribution in [0.5, 0.6) is 0 Å². The van der Waals surface area contributed by atoms with E-state index in [2.05, 4.69) is 9.89 Å². The van der Waals surface area contributed by atoms with Crippen molar-refractivity contribution in [2.24, 2.45) is 16.1 Å². The highest BCUT2D eigenvalue weighted by atomic mass is 127. The molecule has 1 spiro atoms. The van der Waals surface area contributed by atoms with Crippen molar-refractivity contribution in [3.8, 4) is 0 Å². The average Bonchev–Trinajstić information content (AvgIpc) is 3.11. The maximum atomic E-state index is 6.08. The summed E-state index contributed by atoms with van der Waals surface area (Å²) in [6, 6.07) is 0.584. The predicted molar refractivity (Wildman–Crippen MR) is 77.2 cm³/mol. The Morgan fingerprint density at radius 3 is 2.25 bits per heavy atom. The van der Waals surface area contributed by atoms with E-state index in [4.69, 9.17) is 5.73 Å². The first-order chi connectivity index (χ1) is 7.30. The van der Waals surface area contributed by atoms with Crippen molar-refractivity contribution >= 4 is 29.9 Å². The molecule has 0 aromatic carbocycles. The lowest BCUT2D eigenvalue weighted by molar-refractivity contribution is 0.428. The number of nitrogens with two attached hydrogens (primary N) is 1. The second-order valence-electron chi connectivity index (χ2n) is 5.47. The fourth-order valence-electron chi connectivity index (χ4n) is 2.75. The van der Waals surface area contributed by atoms with Crippen molar-refractivity contribution in [1.29, 1.82) is 0 Å². The van der Waals surface area contributed by atoms with Crippen LogP contribution >= 0.6 is 24.0 Å². The Balaban J connectivity index is 0.000000963. The van der Waals surface area contributed by atoms with Gasteiger partial charge in [0.15, 0.2) is 5.96 Å². The summed E-state index contributed by atoms with van der Waals surface area (Å²) in [7, 11) is 0. The van der Waals surface area contributed by atoms with E-state index < -0.39 is 0 Å². The van der Waals surface area contributed by atoms with Crippen LogP contribution in [-0.2, 0) is 0 Å². The number of guanidine groups is 1. The van der Waals surface area contributed by atoms with Crippen LogP contribution in [0.2, 0.25) is 0 Å². The van der Waals surface area contributed by atoms with E-state index in [0.29, 0.717) is 11.5 Å². The van der Waals surface area contributed by atoms with Crippen LogP contribution in [0.25, 0.3) is 0 Å². The van der Waals surface area contributed by atoms with E-state index in [-0.39, 0.29) is 24.0 Å². The molecule has 92 valence electrons. The summed E-state index contributed by atoms with van der Waals surface area (Å²) in [5.41, 5.74) is 6.73. The molecule has 2 aliphatic carbocycles. The Kier molecular flexibility index (Phi) is 3.66. The van der Waals surface area contributed by atoms with Crippen molar-refractivity contribution in [3.05, 3.63) is 0 Å². The average molecular weight is 335 g/mol. The summed E-state index contributed by atoms with van der Waals surface area (Å²) < 4.78 is 0. The molecule has 0 bridgehead atoms. The molecule has 0 amide bonds. The topological polar surface area (TPSA) is 41.6 Å². The number of nitrogens with zero attached hydrogens (tertiary/aromatic N) is 2. The Morgan fingerprint density at radius 1 is 1.12 bits per heavy atom. The lowest BCUT2D eigenvalue weighted by Crippen LogP contribution is -2.38. The zero-order valence-electron chi connectivity index (χ0n) is 9.82. The first-order valence-electron chi connectivity index (χ1n) is 6.38. The minimum absolute atomic E-state index is 0. The monoisotopic (exact) mass is 335 g/mol. The molecule has 3 fully saturated rings. The van der Waals surface area contributed by atoms with Gasteiger partial charge in [-0.25, -0.2) is 4.99 Å². The van der Waals surface area contributed by atoms with Gasteiger partial charge in [0.05, 0.1) is 6.04 Å². The van der Waals surface area contributed by atoms with Crippen molar-refractivity contribution < 1.29 is 0 Å². The summed E-state index contributed by atoms with van der Waals surface area (Å²) in [6.45, 7) is 2.24. The molecule has 1 heterocycles. The third-order valence-electron chi connectivity index (χ3n) is 4.26. The van der Waals surface area contributed by atoms with Crippen molar-refractivity contribution in [3.63, 3.8) is 0 Å². The molecule has 4 heteroatoms. The summed E-state index contributed by atoms with van der Waals surface area (Å²) in [4.78, 5) is 6.98. The Bertz CT molecular complexity index is 278. The van der Waals surface area contributed by atoms with E-state index in [1.165, 1.54) is 44.9 Å². The lowest BCUT2D eigenvalue weighted by atomic mass is 10.2. The fraction of sp³-hybridized carbons (Fsp3) is 0.917. The molecule has 1 saturated heterocycles. The number of aliphatic imine (C=N–C) groups is 1. The van der Waals surface area contributed by atoms with Gasteiger partial charge in [0.25, 0.3) is 0 Å². The van der Waals surface area contributed by atoms with Crippen LogP contribution in [0.15, 0.2) is 4.99 Å². The number of likely N-dealkylation sites (tertiary alicyclic amines) is 1. The third kappa shape index (κ3) is 2.46. The van der Waals surface area contributed by atoms with Gasteiger partial charge in [-0.2, -0.15) is 0 Å². The van der Waals surface area contributed by atoms with Gasteiger partial charge in [0.2, 0.25) is 0 Å². The third-order valence-corrected chi connectivity index (χ3v) is 4.26. The first kappa shape index (κ1) is 12.5. The van der Waals surface area contributed by atoms with Gasteiger partial charge in [-0.15, -0.1) is 24.0 Å². The molecule has 0 aromatic heterocycles. The molecular formula is C12H22IN3. The Morgan fingerprint density at radius 2 is 1.75 bits per heavy atom. The highest BCUT2D eigenvalue weighted by Gasteiger charge is 2.63. The van der Waals surface area contributed by atoms with Crippen LogP contribution in [0, 0.1) is 5.41 Å². The van der Waals surface area contributed by atoms with Crippen molar-refractivity contribution in [2.45, 2.75) is 51.0 Å². The highest BCUT2D eigenvalue weighted by molar-refractivity contribution is 14.0. The van der Waals surface area contributed by atoms with Crippen LogP contribution in [-0.4, -0.2) is 30.0 Å². The molecular weight excluding hydrogens is 313 g/mol. The molecule has 3 aliphatic rings. The molecule has 1 atom stereocenters. The standard InChI is InChI=1S/C12H21N3.HI/c13-11(14-10-9-12(10)5-6-12)15-7-3-1-2-4-8-15;/h10H,1-9H2,(H2,13,14);1H. The molecule has 2 saturated carbocycles. The summed E-state index contributed by atoms with van der Waals surface area (Å²) in [6.07, 6.45) is 9.39. The Labute approximate surface area is 115 Å². The molecule has 1 aliphatic heterocycles. The minimum Gasteiger partial charge on any atom is -0.370 e. The zero-order chi connectivity index (χ0) is 10.3. The van der Waals surface area contributed by atoms with Crippen molar-refractivity contribution in [2.75, 3.05) is 13.1 Å². The summed E-state index contributed by atoms with van der Waals surface area (Å²) >= 11 is 0. The van der Waals surface area contributed by atoms with E-state index in [1.54, 1.807) is 0 Å². The van der Waals surface area contributed by atoms with Crippen LogP contribution in [0.4, 0.5) is 0 Å². The predicted octanol–water partition coefficient (Wildman–Crippen LogP) is 2.35. The molecule has 1 unspecified atom stereocenters. The number of hydrogen-bond donors (Lipinski definition) is 1. The molecule has 3 nitrogen and oxygen atoms in total. The first-order valence-corrected chi connectivity index (χ1v) is 6.38.